The van der Waals surface area contributed by atoms with E-state index in [0.29, 0.717) is 0 Å². The van der Waals surface area contributed by atoms with E-state index in [9.17, 15) is 9.36 Å². The molecule has 0 aromatic rings. The van der Waals surface area contributed by atoms with Crippen molar-refractivity contribution in [3.63, 3.8) is 0 Å². The van der Waals surface area contributed by atoms with Gasteiger partial charge in [-0.25, -0.2) is 5.09 Å². The van der Waals surface area contributed by atoms with Crippen molar-refractivity contribution < 1.29 is 18.6 Å². The van der Waals surface area contributed by atoms with Crippen molar-refractivity contribution in [3.05, 3.63) is 0 Å². The standard InChI is InChI=1S/C5H11BNO4P/c1-4(5(8)10-2)7-12(6,9)11-3/h4H,1-3H3,(H,7,9). The van der Waals surface area contributed by atoms with Crippen molar-refractivity contribution in [3.8, 4) is 0 Å². The highest BCUT2D eigenvalue weighted by atomic mass is 31.2. The highest BCUT2D eigenvalue weighted by Crippen LogP contribution is 2.35. The Morgan fingerprint density at radius 2 is 2.08 bits per heavy atom. The summed E-state index contributed by atoms with van der Waals surface area (Å²) in [5.41, 5.74) is 0. The monoisotopic (exact) mass is 191 g/mol. The quantitative estimate of drug-likeness (QED) is 0.386. The van der Waals surface area contributed by atoms with E-state index in [0.717, 1.165) is 0 Å². The van der Waals surface area contributed by atoms with Gasteiger partial charge in [-0.1, -0.05) is 0 Å². The molecule has 0 saturated carbocycles. The van der Waals surface area contributed by atoms with Gasteiger partial charge in [-0.2, -0.15) is 0 Å². The fourth-order valence-electron chi connectivity index (χ4n) is 0.552. The fourth-order valence-corrected chi connectivity index (χ4v) is 1.30. The first-order valence-electron chi connectivity index (χ1n) is 3.23. The number of carbonyl (C=O) groups is 1. The molecule has 5 nitrogen and oxygen atoms in total. The van der Waals surface area contributed by atoms with Crippen LogP contribution in [0.2, 0.25) is 0 Å². The number of carbonyl (C=O) groups excluding carboxylic acids is 1. The Balaban J connectivity index is 4.09. The van der Waals surface area contributed by atoms with Crippen LogP contribution in [-0.2, 0) is 18.6 Å². The summed E-state index contributed by atoms with van der Waals surface area (Å²) in [7, 11) is 4.20. The second-order valence-electron chi connectivity index (χ2n) is 2.15. The smallest absolute Gasteiger partial charge is 0.322 e. The van der Waals surface area contributed by atoms with Crippen LogP contribution in [0.5, 0.6) is 0 Å². The Kier molecular flexibility index (Phi) is 4.53. The Morgan fingerprint density at radius 1 is 1.58 bits per heavy atom. The second kappa shape index (κ2) is 4.65. The number of esters is 1. The molecule has 0 aliphatic rings. The number of nitrogens with one attached hydrogen (secondary N) is 1. The normalized spacial score (nSPS) is 17.9. The van der Waals surface area contributed by atoms with Crippen LogP contribution in [0.1, 0.15) is 6.92 Å². The zero-order valence-corrected chi connectivity index (χ0v) is 8.13. The number of rotatable bonds is 4. The lowest BCUT2D eigenvalue weighted by molar-refractivity contribution is -0.142. The molecular formula is C5H11BNO4P. The molecular weight excluding hydrogens is 180 g/mol. The predicted molar refractivity (Wildman–Crippen MR) is 45.0 cm³/mol. The summed E-state index contributed by atoms with van der Waals surface area (Å²) in [5, 5.41) is 2.29. The van der Waals surface area contributed by atoms with Gasteiger partial charge in [0, 0.05) is 7.11 Å². The van der Waals surface area contributed by atoms with E-state index < -0.39 is 19.4 Å². The molecule has 0 aliphatic heterocycles. The Labute approximate surface area is 72.7 Å². The number of hydrogen-bond donors (Lipinski definition) is 1. The van der Waals surface area contributed by atoms with Gasteiger partial charge in [0.1, 0.15) is 6.04 Å². The summed E-state index contributed by atoms with van der Waals surface area (Å²) < 4.78 is 19.8. The van der Waals surface area contributed by atoms with Crippen LogP contribution in [0.25, 0.3) is 0 Å². The number of ether oxygens (including phenoxy) is 1. The topological polar surface area (TPSA) is 64.6 Å². The molecule has 2 radical (unpaired) electrons. The molecule has 0 spiro atoms. The third kappa shape index (κ3) is 3.90. The molecule has 68 valence electrons. The Morgan fingerprint density at radius 3 is 2.42 bits per heavy atom. The predicted octanol–water partition coefficient (Wildman–Crippen LogP) is 0.0605. The molecule has 7 heteroatoms. The molecule has 0 aromatic heterocycles. The highest BCUT2D eigenvalue weighted by Gasteiger charge is 2.21. The molecule has 0 rings (SSSR count). The van der Waals surface area contributed by atoms with Crippen molar-refractivity contribution in [1.82, 2.24) is 5.09 Å². The first kappa shape index (κ1) is 11.7. The van der Waals surface area contributed by atoms with E-state index in [1.165, 1.54) is 21.1 Å². The van der Waals surface area contributed by atoms with Gasteiger partial charge in [0.05, 0.1) is 7.11 Å². The SMILES string of the molecule is [B]P(=O)(NC(C)C(=O)OC)OC. The van der Waals surface area contributed by atoms with Gasteiger partial charge >= 0.3 is 5.97 Å². The van der Waals surface area contributed by atoms with E-state index in [-0.39, 0.29) is 0 Å². The molecule has 0 aromatic carbocycles. The van der Waals surface area contributed by atoms with Crippen molar-refractivity contribution in [2.75, 3.05) is 14.2 Å². The lowest BCUT2D eigenvalue weighted by Gasteiger charge is -2.17. The average Bonchev–Trinajstić information content (AvgIpc) is 2.02. The van der Waals surface area contributed by atoms with Crippen molar-refractivity contribution in [2.24, 2.45) is 0 Å². The summed E-state index contributed by atoms with van der Waals surface area (Å²) in [6, 6.07) is -0.745. The van der Waals surface area contributed by atoms with Gasteiger partial charge in [0.25, 0.3) is 0 Å². The zero-order valence-electron chi connectivity index (χ0n) is 7.23. The molecule has 2 atom stereocenters. The van der Waals surface area contributed by atoms with Gasteiger partial charge in [0.15, 0.2) is 0 Å². The Bertz CT molecular complexity index is 210. The minimum atomic E-state index is -3.35. The van der Waals surface area contributed by atoms with Crippen LogP contribution in [0.3, 0.4) is 0 Å². The van der Waals surface area contributed by atoms with Crippen LogP contribution >= 0.6 is 7.40 Å². The molecule has 0 amide bonds. The van der Waals surface area contributed by atoms with E-state index in [4.69, 9.17) is 7.57 Å². The summed E-state index contributed by atoms with van der Waals surface area (Å²) in [5.74, 6) is -0.544. The zero-order chi connectivity index (χ0) is 9.78. The third-order valence-corrected chi connectivity index (χ3v) is 2.49. The largest absolute Gasteiger partial charge is 0.468 e. The van der Waals surface area contributed by atoms with Crippen molar-refractivity contribution in [2.45, 2.75) is 13.0 Å². The summed E-state index contributed by atoms with van der Waals surface area (Å²) in [6.07, 6.45) is 0. The van der Waals surface area contributed by atoms with Crippen molar-refractivity contribution >= 4 is 20.9 Å². The molecule has 12 heavy (non-hydrogen) atoms. The van der Waals surface area contributed by atoms with E-state index in [1.54, 1.807) is 0 Å². The van der Waals surface area contributed by atoms with E-state index >= 15 is 0 Å². The first-order chi connectivity index (χ1) is 5.43. The minimum absolute atomic E-state index is 0.544. The maximum atomic E-state index is 11.1. The molecule has 0 saturated heterocycles. The first-order valence-corrected chi connectivity index (χ1v) is 4.92. The maximum absolute atomic E-state index is 11.1. The van der Waals surface area contributed by atoms with Crippen LogP contribution < -0.4 is 5.09 Å². The van der Waals surface area contributed by atoms with E-state index in [2.05, 4.69) is 14.3 Å². The minimum Gasteiger partial charge on any atom is -0.468 e. The van der Waals surface area contributed by atoms with Crippen LogP contribution in [0.15, 0.2) is 0 Å². The average molecular weight is 191 g/mol. The second-order valence-corrected chi connectivity index (χ2v) is 3.97. The third-order valence-electron chi connectivity index (χ3n) is 1.20. The number of hydrogen-bond acceptors (Lipinski definition) is 4. The maximum Gasteiger partial charge on any atom is 0.322 e. The summed E-state index contributed by atoms with van der Waals surface area (Å²) in [6.45, 7) is 1.48. The van der Waals surface area contributed by atoms with Gasteiger partial charge in [-0.05, 0) is 6.92 Å². The molecule has 2 unspecified atom stereocenters. The fraction of sp³-hybridized carbons (Fsp3) is 0.800. The van der Waals surface area contributed by atoms with Crippen LogP contribution in [0, 0.1) is 0 Å². The van der Waals surface area contributed by atoms with Crippen LogP contribution in [0.4, 0.5) is 0 Å². The highest BCUT2D eigenvalue weighted by molar-refractivity contribution is 7.81. The molecule has 1 N–H and O–H groups in total. The lowest BCUT2D eigenvalue weighted by atomic mass is 10.4. The van der Waals surface area contributed by atoms with Gasteiger partial charge < -0.3 is 9.26 Å². The van der Waals surface area contributed by atoms with Crippen LogP contribution in [-0.4, -0.2) is 33.8 Å². The lowest BCUT2D eigenvalue weighted by Crippen LogP contribution is -2.32. The molecule has 0 fully saturated rings. The summed E-state index contributed by atoms with van der Waals surface area (Å²) in [4.78, 5) is 10.8. The van der Waals surface area contributed by atoms with Gasteiger partial charge in [-0.15, -0.1) is 0 Å². The molecule has 0 aliphatic carbocycles. The number of methoxy groups -OCH3 is 1. The van der Waals surface area contributed by atoms with E-state index in [1.807, 2.05) is 0 Å². The van der Waals surface area contributed by atoms with Crippen molar-refractivity contribution in [1.29, 1.82) is 0 Å². The molecule has 0 bridgehead atoms. The van der Waals surface area contributed by atoms with Gasteiger partial charge in [0.2, 0.25) is 15.0 Å². The Hall–Kier alpha value is -0.315. The molecule has 0 heterocycles. The summed E-state index contributed by atoms with van der Waals surface area (Å²) >= 11 is 0. The van der Waals surface area contributed by atoms with Gasteiger partial charge in [-0.3, -0.25) is 9.36 Å².